The van der Waals surface area contributed by atoms with Gasteiger partial charge in [0.25, 0.3) is 0 Å². The number of hydrogen-bond acceptors (Lipinski definition) is 8. The molecular weight excluding hydrogens is 598 g/mol. The van der Waals surface area contributed by atoms with E-state index in [2.05, 4.69) is 62.7 Å². The summed E-state index contributed by atoms with van der Waals surface area (Å²) in [6.07, 6.45) is 3.12. The van der Waals surface area contributed by atoms with Crippen molar-refractivity contribution in [2.24, 2.45) is 0 Å². The highest BCUT2D eigenvalue weighted by Crippen LogP contribution is 2.43. The highest BCUT2D eigenvalue weighted by atomic mass is 79.9. The molecule has 0 atom stereocenters. The summed E-state index contributed by atoms with van der Waals surface area (Å²) in [5.41, 5.74) is 6.12. The van der Waals surface area contributed by atoms with Crippen molar-refractivity contribution in [3.05, 3.63) is 91.8 Å². The minimum absolute atomic E-state index is 0.00487. The van der Waals surface area contributed by atoms with Gasteiger partial charge in [-0.05, 0) is 83.4 Å². The number of fused-ring (bicyclic) bond motifs is 7. The molecule has 216 valence electrons. The zero-order chi connectivity index (χ0) is 29.5. The second kappa shape index (κ2) is 11.2. The number of anilines is 3. The standard InChI is InChI=1S/C33H32BrN3O5/c1-5-35(6-2)24-9-7-21-12-25(33(39)42-31(21)14-24)29(38)10-8-20-11-22-17-36-19-37(27(22)15-30(20)40-3)18-23-13-26(34)32(41-4)16-28(23)36/h7-16H,5-6,17-19H2,1-4H3/b10-8+. The van der Waals surface area contributed by atoms with E-state index in [4.69, 9.17) is 13.9 Å². The van der Waals surface area contributed by atoms with Gasteiger partial charge in [-0.15, -0.1) is 0 Å². The fraction of sp³-hybridized carbons (Fsp3) is 0.273. The topological polar surface area (TPSA) is 75.5 Å². The maximum atomic E-state index is 13.2. The van der Waals surface area contributed by atoms with Crippen LogP contribution in [0.5, 0.6) is 11.5 Å². The van der Waals surface area contributed by atoms with Crippen LogP contribution < -0.4 is 29.8 Å². The average Bonchev–Trinajstić information content (AvgIpc) is 2.99. The van der Waals surface area contributed by atoms with Crippen LogP contribution in [0.4, 0.5) is 17.1 Å². The molecule has 2 aliphatic rings. The lowest BCUT2D eigenvalue weighted by atomic mass is 9.98. The maximum absolute atomic E-state index is 13.2. The van der Waals surface area contributed by atoms with Gasteiger partial charge in [0, 0.05) is 72.4 Å². The van der Waals surface area contributed by atoms with Crippen molar-refractivity contribution in [1.82, 2.24) is 0 Å². The first-order valence-corrected chi connectivity index (χ1v) is 14.7. The maximum Gasteiger partial charge on any atom is 0.347 e. The smallest absolute Gasteiger partial charge is 0.347 e. The van der Waals surface area contributed by atoms with E-state index in [1.165, 1.54) is 11.6 Å². The van der Waals surface area contributed by atoms with Crippen LogP contribution in [0.1, 0.15) is 40.9 Å². The number of allylic oxidation sites excluding steroid dienone is 1. The summed E-state index contributed by atoms with van der Waals surface area (Å²) in [7, 11) is 3.29. The molecule has 1 aromatic heterocycles. The lowest BCUT2D eigenvalue weighted by Gasteiger charge is -2.45. The third-order valence-corrected chi connectivity index (χ3v) is 8.68. The largest absolute Gasteiger partial charge is 0.496 e. The molecule has 0 N–H and O–H groups in total. The van der Waals surface area contributed by atoms with E-state index in [9.17, 15) is 9.59 Å². The molecule has 3 aromatic carbocycles. The Balaban J connectivity index is 1.29. The number of carbonyl (C=O) groups excluding carboxylic acids is 1. The molecule has 3 heterocycles. The molecule has 0 saturated heterocycles. The van der Waals surface area contributed by atoms with Gasteiger partial charge in [0.15, 0.2) is 5.78 Å². The second-order valence-corrected chi connectivity index (χ2v) is 11.3. The van der Waals surface area contributed by atoms with Crippen LogP contribution in [0.3, 0.4) is 0 Å². The number of nitrogens with zero attached hydrogens (tertiary/aromatic N) is 3. The average molecular weight is 631 g/mol. The van der Waals surface area contributed by atoms with Gasteiger partial charge in [-0.3, -0.25) is 4.79 Å². The van der Waals surface area contributed by atoms with Crippen LogP contribution in [-0.4, -0.2) is 39.8 Å². The van der Waals surface area contributed by atoms with Crippen LogP contribution in [0, 0.1) is 0 Å². The Bertz CT molecular complexity index is 1790. The van der Waals surface area contributed by atoms with Gasteiger partial charge in [-0.25, -0.2) is 4.79 Å². The third kappa shape index (κ3) is 4.91. The van der Waals surface area contributed by atoms with Crippen molar-refractivity contribution < 1.29 is 18.7 Å². The van der Waals surface area contributed by atoms with Gasteiger partial charge < -0.3 is 28.6 Å². The van der Waals surface area contributed by atoms with Gasteiger partial charge in [0.05, 0.1) is 25.4 Å². The summed E-state index contributed by atoms with van der Waals surface area (Å²) in [5, 5.41) is 0.701. The van der Waals surface area contributed by atoms with E-state index in [0.717, 1.165) is 64.7 Å². The predicted molar refractivity (Wildman–Crippen MR) is 170 cm³/mol. The number of hydrogen-bond donors (Lipinski definition) is 0. The fourth-order valence-electron chi connectivity index (χ4n) is 5.87. The van der Waals surface area contributed by atoms with Crippen LogP contribution >= 0.6 is 15.9 Å². The van der Waals surface area contributed by atoms with Crippen LogP contribution in [0.2, 0.25) is 0 Å². The van der Waals surface area contributed by atoms with Gasteiger partial charge in [0.2, 0.25) is 0 Å². The van der Waals surface area contributed by atoms with E-state index in [1.807, 2.05) is 24.3 Å². The van der Waals surface area contributed by atoms with Crippen molar-refractivity contribution >= 4 is 55.8 Å². The summed E-state index contributed by atoms with van der Waals surface area (Å²) in [5.74, 6) is 1.03. The Kier molecular flexibility index (Phi) is 7.45. The molecule has 0 amide bonds. The summed E-state index contributed by atoms with van der Waals surface area (Å²) in [4.78, 5) is 32.8. The normalized spacial score (nSPS) is 13.7. The molecule has 9 heteroatoms. The van der Waals surface area contributed by atoms with Crippen molar-refractivity contribution in [3.8, 4) is 11.5 Å². The minimum Gasteiger partial charge on any atom is -0.496 e. The first-order valence-electron chi connectivity index (χ1n) is 14.0. The van der Waals surface area contributed by atoms with Crippen LogP contribution in [0.25, 0.3) is 17.0 Å². The number of ketones is 1. The molecule has 8 nitrogen and oxygen atoms in total. The number of ether oxygens (including phenoxy) is 2. The third-order valence-electron chi connectivity index (χ3n) is 8.06. The van der Waals surface area contributed by atoms with Crippen LogP contribution in [-0.2, 0) is 13.1 Å². The second-order valence-electron chi connectivity index (χ2n) is 10.4. The van der Waals surface area contributed by atoms with E-state index < -0.39 is 11.4 Å². The zero-order valence-corrected chi connectivity index (χ0v) is 25.7. The Labute approximate surface area is 252 Å². The minimum atomic E-state index is -0.652. The van der Waals surface area contributed by atoms with E-state index >= 15 is 0 Å². The molecule has 0 spiro atoms. The molecule has 42 heavy (non-hydrogen) atoms. The number of rotatable bonds is 8. The first-order chi connectivity index (χ1) is 20.3. The highest BCUT2D eigenvalue weighted by Gasteiger charge is 2.31. The number of halogens is 1. The van der Waals surface area contributed by atoms with Crippen molar-refractivity contribution in [1.29, 1.82) is 0 Å². The Morgan fingerprint density at radius 2 is 1.62 bits per heavy atom. The summed E-state index contributed by atoms with van der Waals surface area (Å²) >= 11 is 3.61. The summed E-state index contributed by atoms with van der Waals surface area (Å²) in [6, 6.07) is 15.6. The molecule has 0 fully saturated rings. The summed E-state index contributed by atoms with van der Waals surface area (Å²) < 4.78 is 17.8. The van der Waals surface area contributed by atoms with Crippen molar-refractivity contribution in [2.75, 3.05) is 48.7 Å². The number of carbonyl (C=O) groups is 1. The van der Waals surface area contributed by atoms with Gasteiger partial charge in [-0.1, -0.05) is 0 Å². The van der Waals surface area contributed by atoms with Crippen molar-refractivity contribution in [3.63, 3.8) is 0 Å². The zero-order valence-electron chi connectivity index (χ0n) is 24.1. The van der Waals surface area contributed by atoms with Gasteiger partial charge >= 0.3 is 5.63 Å². The van der Waals surface area contributed by atoms with Crippen LogP contribution in [0.15, 0.2) is 68.3 Å². The lowest BCUT2D eigenvalue weighted by molar-refractivity contribution is 0.104. The Morgan fingerprint density at radius 1 is 0.952 bits per heavy atom. The predicted octanol–water partition coefficient (Wildman–Crippen LogP) is 6.61. The van der Waals surface area contributed by atoms with E-state index in [0.29, 0.717) is 23.3 Å². The Hall–Kier alpha value is -4.24. The van der Waals surface area contributed by atoms with Crippen molar-refractivity contribution in [2.45, 2.75) is 26.9 Å². The summed E-state index contributed by atoms with van der Waals surface area (Å²) in [6.45, 7) is 8.05. The van der Waals surface area contributed by atoms with Gasteiger partial charge in [0.1, 0.15) is 22.6 Å². The lowest BCUT2D eigenvalue weighted by Crippen LogP contribution is -2.46. The molecule has 0 saturated carbocycles. The first kappa shape index (κ1) is 27.9. The van der Waals surface area contributed by atoms with E-state index in [1.54, 1.807) is 26.4 Å². The fourth-order valence-corrected chi connectivity index (χ4v) is 6.43. The Morgan fingerprint density at radius 3 is 2.29 bits per heavy atom. The molecule has 0 radical (unpaired) electrons. The number of benzene rings is 3. The molecule has 2 bridgehead atoms. The quantitative estimate of drug-likeness (QED) is 0.122. The van der Waals surface area contributed by atoms with E-state index in [-0.39, 0.29) is 5.56 Å². The monoisotopic (exact) mass is 629 g/mol. The molecular formula is C33H32BrN3O5. The SMILES string of the molecule is CCN(CC)c1ccc2cc(C(=O)/C=C/c3cc4c(cc3OC)N3Cc5cc(Br)c(OC)cc5N(C4)C3)c(=O)oc2c1. The van der Waals surface area contributed by atoms with Gasteiger partial charge in [-0.2, -0.15) is 0 Å². The molecule has 0 unspecified atom stereocenters. The molecule has 0 aliphatic carbocycles. The number of methoxy groups -OCH3 is 2. The highest BCUT2D eigenvalue weighted by molar-refractivity contribution is 9.10. The molecule has 2 aliphatic heterocycles. The molecule has 6 rings (SSSR count). The molecule has 4 aromatic rings.